The molecule has 0 aliphatic rings. The molecule has 0 amide bonds. The van der Waals surface area contributed by atoms with Crippen LogP contribution in [0.4, 0.5) is 0 Å². The van der Waals surface area contributed by atoms with Crippen LogP contribution in [0.25, 0.3) is 10.9 Å². The highest BCUT2D eigenvalue weighted by Gasteiger charge is 2.20. The summed E-state index contributed by atoms with van der Waals surface area (Å²) in [5, 5.41) is 20.2. The number of carbonyl (C=O) groups is 1. The second kappa shape index (κ2) is 5.69. The number of hydrogen-bond acceptors (Lipinski definition) is 4. The molecule has 0 fully saturated rings. The van der Waals surface area contributed by atoms with Gasteiger partial charge in [-0.2, -0.15) is 0 Å². The average Bonchev–Trinajstić information content (AvgIpc) is 2.49. The summed E-state index contributed by atoms with van der Waals surface area (Å²) in [6.45, 7) is 1.98. The van der Waals surface area contributed by atoms with Gasteiger partial charge in [0.2, 0.25) is 5.88 Å². The van der Waals surface area contributed by atoms with Crippen molar-refractivity contribution in [2.75, 3.05) is 0 Å². The van der Waals surface area contributed by atoms with Crippen LogP contribution in [0.3, 0.4) is 0 Å². The molecule has 0 bridgehead atoms. The first-order valence-corrected chi connectivity index (χ1v) is 7.47. The number of rotatable bonds is 3. The Balaban J connectivity index is 2.19. The number of aromatic nitrogens is 1. The second-order valence-electron chi connectivity index (χ2n) is 4.88. The quantitative estimate of drug-likeness (QED) is 0.762. The van der Waals surface area contributed by atoms with E-state index in [-0.39, 0.29) is 16.3 Å². The molecule has 4 nitrogen and oxygen atoms in total. The van der Waals surface area contributed by atoms with Crippen LogP contribution < -0.4 is 0 Å². The Bertz CT molecular complexity index is 860. The smallest absolute Gasteiger partial charge is 0.337 e. The SMILES string of the molecule is Cc1ccc(Sc2c(O)nc3ccccc3c2C(=O)O)cc1. The Morgan fingerprint density at radius 1 is 1.09 bits per heavy atom. The van der Waals surface area contributed by atoms with Gasteiger partial charge in [0, 0.05) is 10.3 Å². The van der Waals surface area contributed by atoms with E-state index in [9.17, 15) is 15.0 Å². The summed E-state index contributed by atoms with van der Waals surface area (Å²) in [7, 11) is 0. The lowest BCUT2D eigenvalue weighted by molar-refractivity contribution is 0.0694. The molecule has 2 aromatic carbocycles. The number of benzene rings is 2. The lowest BCUT2D eigenvalue weighted by Crippen LogP contribution is -2.02. The third-order valence-corrected chi connectivity index (χ3v) is 4.38. The van der Waals surface area contributed by atoms with Gasteiger partial charge in [-0.15, -0.1) is 0 Å². The molecule has 1 heterocycles. The maximum atomic E-state index is 11.7. The highest BCUT2D eigenvalue weighted by molar-refractivity contribution is 7.99. The monoisotopic (exact) mass is 311 g/mol. The van der Waals surface area contributed by atoms with E-state index in [0.29, 0.717) is 10.9 Å². The van der Waals surface area contributed by atoms with Gasteiger partial charge < -0.3 is 10.2 Å². The van der Waals surface area contributed by atoms with E-state index in [1.807, 2.05) is 31.2 Å². The molecule has 3 rings (SSSR count). The largest absolute Gasteiger partial charge is 0.492 e. The van der Waals surface area contributed by atoms with E-state index >= 15 is 0 Å². The summed E-state index contributed by atoms with van der Waals surface area (Å²) in [5.41, 5.74) is 1.66. The fourth-order valence-corrected chi connectivity index (χ4v) is 3.16. The van der Waals surface area contributed by atoms with Crippen molar-refractivity contribution in [2.24, 2.45) is 0 Å². The maximum Gasteiger partial charge on any atom is 0.337 e. The van der Waals surface area contributed by atoms with Crippen molar-refractivity contribution in [1.82, 2.24) is 4.98 Å². The molecular formula is C17H13NO3S. The number of aromatic carboxylic acids is 1. The molecule has 0 aliphatic heterocycles. The number of nitrogens with zero attached hydrogens (tertiary/aromatic N) is 1. The lowest BCUT2D eigenvalue weighted by Gasteiger charge is -2.11. The molecule has 0 unspecified atom stereocenters. The van der Waals surface area contributed by atoms with Gasteiger partial charge in [0.15, 0.2) is 0 Å². The predicted octanol–water partition coefficient (Wildman–Crippen LogP) is 4.10. The molecule has 2 N–H and O–H groups in total. The van der Waals surface area contributed by atoms with Crippen molar-refractivity contribution >= 4 is 28.6 Å². The van der Waals surface area contributed by atoms with Crippen LogP contribution >= 0.6 is 11.8 Å². The molecule has 1 aromatic heterocycles. The summed E-state index contributed by atoms with van der Waals surface area (Å²) in [4.78, 5) is 16.9. The van der Waals surface area contributed by atoms with Crippen LogP contribution in [0, 0.1) is 6.92 Å². The molecule has 0 atom stereocenters. The number of hydrogen-bond donors (Lipinski definition) is 2. The van der Waals surface area contributed by atoms with Crippen molar-refractivity contribution in [3.8, 4) is 5.88 Å². The standard InChI is InChI=1S/C17H13NO3S/c1-10-6-8-11(9-7-10)22-15-14(17(20)21)12-4-2-3-5-13(12)18-16(15)19/h2-9H,1H3,(H,18,19)(H,20,21). The first-order valence-electron chi connectivity index (χ1n) is 6.66. The minimum Gasteiger partial charge on any atom is -0.492 e. The van der Waals surface area contributed by atoms with Gasteiger partial charge >= 0.3 is 5.97 Å². The number of carboxylic acids is 1. The van der Waals surface area contributed by atoms with E-state index in [1.165, 1.54) is 11.8 Å². The predicted molar refractivity (Wildman–Crippen MR) is 85.7 cm³/mol. The number of fused-ring (bicyclic) bond motifs is 1. The zero-order valence-electron chi connectivity index (χ0n) is 11.8. The third-order valence-electron chi connectivity index (χ3n) is 3.28. The summed E-state index contributed by atoms with van der Waals surface area (Å²) < 4.78 is 0. The van der Waals surface area contributed by atoms with Gasteiger partial charge in [0.25, 0.3) is 0 Å². The number of para-hydroxylation sites is 1. The van der Waals surface area contributed by atoms with Crippen LogP contribution in [0.15, 0.2) is 58.3 Å². The van der Waals surface area contributed by atoms with Crippen molar-refractivity contribution in [3.05, 3.63) is 59.7 Å². The van der Waals surface area contributed by atoms with Crippen molar-refractivity contribution in [3.63, 3.8) is 0 Å². The maximum absolute atomic E-state index is 11.7. The van der Waals surface area contributed by atoms with Gasteiger partial charge in [-0.05, 0) is 25.1 Å². The van der Waals surface area contributed by atoms with E-state index in [0.717, 1.165) is 10.5 Å². The summed E-state index contributed by atoms with van der Waals surface area (Å²) in [6.07, 6.45) is 0. The topological polar surface area (TPSA) is 70.4 Å². The zero-order chi connectivity index (χ0) is 15.7. The third kappa shape index (κ3) is 2.63. The van der Waals surface area contributed by atoms with Crippen LogP contribution in [0.5, 0.6) is 5.88 Å². The van der Waals surface area contributed by atoms with E-state index < -0.39 is 5.97 Å². The molecule has 5 heteroatoms. The first kappa shape index (κ1) is 14.4. The molecule has 22 heavy (non-hydrogen) atoms. The van der Waals surface area contributed by atoms with Crippen molar-refractivity contribution in [2.45, 2.75) is 16.7 Å². The van der Waals surface area contributed by atoms with E-state index in [1.54, 1.807) is 24.3 Å². The normalized spacial score (nSPS) is 10.8. The molecular weight excluding hydrogens is 298 g/mol. The van der Waals surface area contributed by atoms with Gasteiger partial charge in [-0.3, -0.25) is 0 Å². The number of aryl methyl sites for hydroxylation is 1. The molecule has 0 spiro atoms. The van der Waals surface area contributed by atoms with Gasteiger partial charge in [-0.25, -0.2) is 9.78 Å². The Hall–Kier alpha value is -2.53. The fourth-order valence-electron chi connectivity index (χ4n) is 2.21. The Kier molecular flexibility index (Phi) is 3.73. The van der Waals surface area contributed by atoms with Crippen LogP contribution in [-0.4, -0.2) is 21.2 Å². The van der Waals surface area contributed by atoms with Crippen molar-refractivity contribution in [1.29, 1.82) is 0 Å². The molecule has 0 aliphatic carbocycles. The van der Waals surface area contributed by atoms with Crippen molar-refractivity contribution < 1.29 is 15.0 Å². The van der Waals surface area contributed by atoms with Crippen LogP contribution in [-0.2, 0) is 0 Å². The van der Waals surface area contributed by atoms with Gasteiger partial charge in [-0.1, -0.05) is 47.7 Å². The van der Waals surface area contributed by atoms with Gasteiger partial charge in [0.1, 0.15) is 0 Å². The molecule has 3 aromatic rings. The number of carboxylic acid groups (broad SMARTS) is 1. The summed E-state index contributed by atoms with van der Waals surface area (Å²) in [5.74, 6) is -1.34. The zero-order valence-corrected chi connectivity index (χ0v) is 12.6. The van der Waals surface area contributed by atoms with Gasteiger partial charge in [0.05, 0.1) is 16.0 Å². The summed E-state index contributed by atoms with van der Waals surface area (Å²) in [6, 6.07) is 14.6. The second-order valence-corrected chi connectivity index (χ2v) is 5.96. The van der Waals surface area contributed by atoms with E-state index in [4.69, 9.17) is 0 Å². The van der Waals surface area contributed by atoms with Crippen LogP contribution in [0.2, 0.25) is 0 Å². The number of pyridine rings is 1. The van der Waals surface area contributed by atoms with Crippen LogP contribution in [0.1, 0.15) is 15.9 Å². The molecule has 0 radical (unpaired) electrons. The molecule has 0 saturated carbocycles. The molecule has 110 valence electrons. The highest BCUT2D eigenvalue weighted by Crippen LogP contribution is 2.39. The Morgan fingerprint density at radius 2 is 1.77 bits per heavy atom. The minimum atomic E-state index is -1.08. The lowest BCUT2D eigenvalue weighted by atomic mass is 10.1. The average molecular weight is 311 g/mol. The number of aromatic hydroxyl groups is 1. The molecule has 0 saturated heterocycles. The summed E-state index contributed by atoms with van der Waals surface area (Å²) >= 11 is 1.20. The first-order chi connectivity index (χ1) is 10.6. The van der Waals surface area contributed by atoms with E-state index in [2.05, 4.69) is 4.98 Å². The Morgan fingerprint density at radius 3 is 2.45 bits per heavy atom. The Labute approximate surface area is 131 Å². The minimum absolute atomic E-state index is 0.0775. The fraction of sp³-hybridized carbons (Fsp3) is 0.0588. The highest BCUT2D eigenvalue weighted by atomic mass is 32.2.